The smallest absolute Gasteiger partial charge is 0.358 e. The summed E-state index contributed by atoms with van der Waals surface area (Å²) in [5, 5.41) is 11.4. The first kappa shape index (κ1) is 14.3. The molecule has 1 aromatic rings. The fourth-order valence-corrected chi connectivity index (χ4v) is 3.34. The van der Waals surface area contributed by atoms with Crippen LogP contribution in [0.25, 0.3) is 0 Å². The van der Waals surface area contributed by atoms with E-state index < -0.39 is 5.97 Å². The molecule has 2 aliphatic rings. The highest BCUT2D eigenvalue weighted by molar-refractivity contribution is 5.86. The van der Waals surface area contributed by atoms with Gasteiger partial charge in [-0.2, -0.15) is 0 Å². The second kappa shape index (κ2) is 6.39. The van der Waals surface area contributed by atoms with E-state index in [9.17, 15) is 4.79 Å². The number of likely N-dealkylation sites (tertiary alicyclic amines) is 1. The van der Waals surface area contributed by atoms with Gasteiger partial charge in [-0.3, -0.25) is 4.90 Å². The van der Waals surface area contributed by atoms with E-state index in [1.54, 1.807) is 12.1 Å². The van der Waals surface area contributed by atoms with E-state index in [1.807, 2.05) is 0 Å². The van der Waals surface area contributed by atoms with Crippen LogP contribution in [0.2, 0.25) is 0 Å². The van der Waals surface area contributed by atoms with Crippen molar-refractivity contribution in [2.24, 2.45) is 0 Å². The molecule has 2 fully saturated rings. The highest BCUT2D eigenvalue weighted by Gasteiger charge is 2.29. The minimum absolute atomic E-state index is 0.238. The average molecular weight is 290 g/mol. The normalized spacial score (nSPS) is 23.4. The number of methoxy groups -OCH3 is 1. The van der Waals surface area contributed by atoms with Crippen LogP contribution in [0.15, 0.2) is 12.1 Å². The number of ether oxygens (including phenoxy) is 1. The molecule has 1 aromatic heterocycles. The quantitative estimate of drug-likeness (QED) is 0.851. The molecule has 6 heteroatoms. The molecule has 1 N–H and O–H groups in total. The monoisotopic (exact) mass is 290 g/mol. The first-order chi connectivity index (χ1) is 10.3. The fourth-order valence-electron chi connectivity index (χ4n) is 3.34. The first-order valence-electron chi connectivity index (χ1n) is 7.69. The average Bonchev–Trinajstić information content (AvgIpc) is 3.18. The topological polar surface area (TPSA) is 67.3 Å². The van der Waals surface area contributed by atoms with Crippen LogP contribution in [0, 0.1) is 0 Å². The fraction of sp³-hybridized carbons (Fsp3) is 0.667. The summed E-state index contributed by atoms with van der Waals surface area (Å²) in [6, 6.07) is 4.64. The second-order valence-corrected chi connectivity index (χ2v) is 5.86. The molecule has 21 heavy (non-hydrogen) atoms. The van der Waals surface area contributed by atoms with Crippen LogP contribution in [-0.4, -0.2) is 53.3 Å². The number of rotatable bonds is 4. The molecule has 0 aromatic carbocycles. The Morgan fingerprint density at radius 3 is 2.76 bits per heavy atom. The molecule has 1 atom stereocenters. The van der Waals surface area contributed by atoms with Crippen molar-refractivity contribution in [2.75, 3.05) is 25.5 Å². The van der Waals surface area contributed by atoms with Gasteiger partial charge in [0.15, 0.2) is 5.69 Å². The molecule has 1 aliphatic heterocycles. The summed E-state index contributed by atoms with van der Waals surface area (Å²) in [6.07, 6.45) is 6.58. The Morgan fingerprint density at radius 2 is 2.10 bits per heavy atom. The minimum Gasteiger partial charge on any atom is -0.464 e. The van der Waals surface area contributed by atoms with Crippen LogP contribution in [0.3, 0.4) is 0 Å². The summed E-state index contributed by atoms with van der Waals surface area (Å²) in [4.78, 5) is 13.9. The zero-order valence-corrected chi connectivity index (χ0v) is 12.4. The molecule has 0 bridgehead atoms. The third kappa shape index (κ3) is 3.32. The van der Waals surface area contributed by atoms with Gasteiger partial charge in [-0.05, 0) is 31.4 Å². The number of carbonyl (C=O) groups excluding carboxylic acids is 1. The van der Waals surface area contributed by atoms with Crippen LogP contribution >= 0.6 is 0 Å². The van der Waals surface area contributed by atoms with Gasteiger partial charge in [0.1, 0.15) is 5.82 Å². The van der Waals surface area contributed by atoms with E-state index in [0.717, 1.165) is 31.4 Å². The molecule has 0 amide bonds. The maximum atomic E-state index is 11.3. The molecule has 3 rings (SSSR count). The van der Waals surface area contributed by atoms with Crippen molar-refractivity contribution >= 4 is 11.8 Å². The van der Waals surface area contributed by atoms with Crippen molar-refractivity contribution in [3.05, 3.63) is 17.8 Å². The Labute approximate surface area is 124 Å². The van der Waals surface area contributed by atoms with Gasteiger partial charge < -0.3 is 10.1 Å². The lowest BCUT2D eigenvalue weighted by Crippen LogP contribution is -2.33. The Hall–Kier alpha value is -1.69. The zero-order valence-electron chi connectivity index (χ0n) is 12.4. The van der Waals surface area contributed by atoms with Crippen molar-refractivity contribution in [1.82, 2.24) is 15.1 Å². The number of nitrogens with one attached hydrogen (secondary N) is 1. The van der Waals surface area contributed by atoms with Crippen LogP contribution < -0.4 is 5.32 Å². The van der Waals surface area contributed by atoms with Crippen molar-refractivity contribution in [2.45, 2.75) is 44.2 Å². The van der Waals surface area contributed by atoms with Crippen LogP contribution in [0.5, 0.6) is 0 Å². The zero-order chi connectivity index (χ0) is 14.7. The molecular formula is C15H22N4O2. The number of carbonyl (C=O) groups is 1. The Balaban J connectivity index is 1.53. The molecule has 1 saturated carbocycles. The largest absolute Gasteiger partial charge is 0.464 e. The Morgan fingerprint density at radius 1 is 1.29 bits per heavy atom. The molecule has 1 unspecified atom stereocenters. The summed E-state index contributed by atoms with van der Waals surface area (Å²) < 4.78 is 4.61. The van der Waals surface area contributed by atoms with E-state index in [0.29, 0.717) is 6.04 Å². The van der Waals surface area contributed by atoms with Crippen molar-refractivity contribution in [1.29, 1.82) is 0 Å². The summed E-state index contributed by atoms with van der Waals surface area (Å²) in [5.74, 6) is 0.267. The molecule has 1 saturated heterocycles. The van der Waals surface area contributed by atoms with E-state index in [-0.39, 0.29) is 5.69 Å². The number of hydrogen-bond donors (Lipinski definition) is 1. The highest BCUT2D eigenvalue weighted by atomic mass is 16.5. The summed E-state index contributed by atoms with van der Waals surface area (Å²) in [7, 11) is 1.34. The molecule has 1 aliphatic carbocycles. The predicted octanol–water partition coefficient (Wildman–Crippen LogP) is 1.69. The molecule has 114 valence electrons. The summed E-state index contributed by atoms with van der Waals surface area (Å²) in [6.45, 7) is 2.24. The third-order valence-electron chi connectivity index (χ3n) is 4.47. The number of aromatic nitrogens is 2. The van der Waals surface area contributed by atoms with E-state index in [2.05, 4.69) is 25.2 Å². The van der Waals surface area contributed by atoms with Gasteiger partial charge in [0.05, 0.1) is 7.11 Å². The van der Waals surface area contributed by atoms with Gasteiger partial charge in [0.2, 0.25) is 0 Å². The number of nitrogens with zero attached hydrogens (tertiary/aromatic N) is 3. The van der Waals surface area contributed by atoms with E-state index in [1.165, 1.54) is 32.8 Å². The first-order valence-corrected chi connectivity index (χ1v) is 7.69. The lowest BCUT2D eigenvalue weighted by atomic mass is 10.2. The van der Waals surface area contributed by atoms with Crippen LogP contribution in [0.4, 0.5) is 5.82 Å². The Bertz CT molecular complexity index is 485. The molecule has 0 spiro atoms. The summed E-state index contributed by atoms with van der Waals surface area (Å²) in [5.41, 5.74) is 0.238. The van der Waals surface area contributed by atoms with Crippen molar-refractivity contribution < 1.29 is 9.53 Å². The maximum absolute atomic E-state index is 11.3. The number of esters is 1. The minimum atomic E-state index is -0.456. The van der Waals surface area contributed by atoms with Gasteiger partial charge in [0.25, 0.3) is 0 Å². The molecular weight excluding hydrogens is 268 g/mol. The van der Waals surface area contributed by atoms with Crippen LogP contribution in [0.1, 0.15) is 42.6 Å². The van der Waals surface area contributed by atoms with Gasteiger partial charge in [-0.1, -0.05) is 12.8 Å². The third-order valence-corrected chi connectivity index (χ3v) is 4.47. The standard InChI is InChI=1S/C15H22N4O2/c1-21-15(20)13-6-7-14(18-17-13)16-11-8-9-19(10-11)12-4-2-3-5-12/h6-7,11-12H,2-5,8-10H2,1H3,(H,16,18). The van der Waals surface area contributed by atoms with Gasteiger partial charge in [0, 0.05) is 25.2 Å². The summed E-state index contributed by atoms with van der Waals surface area (Å²) >= 11 is 0. The molecule has 2 heterocycles. The number of anilines is 1. The number of hydrogen-bond acceptors (Lipinski definition) is 6. The van der Waals surface area contributed by atoms with Crippen LogP contribution in [-0.2, 0) is 4.74 Å². The SMILES string of the molecule is COC(=O)c1ccc(NC2CCN(C3CCCC3)C2)nn1. The van der Waals surface area contributed by atoms with Gasteiger partial charge >= 0.3 is 5.97 Å². The lowest BCUT2D eigenvalue weighted by Gasteiger charge is -2.23. The maximum Gasteiger partial charge on any atom is 0.358 e. The van der Waals surface area contributed by atoms with E-state index >= 15 is 0 Å². The van der Waals surface area contributed by atoms with Gasteiger partial charge in [-0.15, -0.1) is 10.2 Å². The second-order valence-electron chi connectivity index (χ2n) is 5.86. The van der Waals surface area contributed by atoms with Crippen molar-refractivity contribution in [3.8, 4) is 0 Å². The van der Waals surface area contributed by atoms with Crippen molar-refractivity contribution in [3.63, 3.8) is 0 Å². The molecule has 0 radical (unpaired) electrons. The van der Waals surface area contributed by atoms with Gasteiger partial charge in [-0.25, -0.2) is 4.79 Å². The highest BCUT2D eigenvalue weighted by Crippen LogP contribution is 2.27. The predicted molar refractivity (Wildman–Crippen MR) is 79.2 cm³/mol. The Kier molecular flexibility index (Phi) is 4.34. The molecule has 6 nitrogen and oxygen atoms in total. The lowest BCUT2D eigenvalue weighted by molar-refractivity contribution is 0.0593. The van der Waals surface area contributed by atoms with E-state index in [4.69, 9.17) is 0 Å².